The number of anilines is 1. The van der Waals surface area contributed by atoms with Crippen molar-refractivity contribution < 1.29 is 4.39 Å². The van der Waals surface area contributed by atoms with Gasteiger partial charge < -0.3 is 4.90 Å². The zero-order valence-corrected chi connectivity index (χ0v) is 10.2. The Bertz CT molecular complexity index is 639. The number of hydrogen-bond donors (Lipinski definition) is 1. The summed E-state index contributed by atoms with van der Waals surface area (Å²) >= 11 is 5.78. The highest BCUT2D eigenvalue weighted by atomic mass is 35.5. The molecule has 0 aromatic heterocycles. The van der Waals surface area contributed by atoms with Crippen molar-refractivity contribution in [2.45, 2.75) is 6.54 Å². The Morgan fingerprint density at radius 1 is 1.17 bits per heavy atom. The predicted octanol–water partition coefficient (Wildman–Crippen LogP) is 3.82. The second-order valence-corrected chi connectivity index (χ2v) is 4.60. The third-order valence-electron chi connectivity index (χ3n) is 3.09. The molecule has 0 saturated carbocycles. The van der Waals surface area contributed by atoms with Gasteiger partial charge in [-0.2, -0.15) is 0 Å². The molecule has 0 unspecified atom stereocenters. The van der Waals surface area contributed by atoms with Crippen LogP contribution in [0.5, 0.6) is 0 Å². The monoisotopic (exact) mass is 260 g/mol. The first kappa shape index (κ1) is 11.2. The minimum absolute atomic E-state index is 0.0799. The van der Waals surface area contributed by atoms with Gasteiger partial charge in [-0.15, -0.1) is 0 Å². The fraction of sp³-hybridized carbons (Fsp3) is 0.0714. The van der Waals surface area contributed by atoms with Crippen LogP contribution in [0.2, 0.25) is 5.02 Å². The van der Waals surface area contributed by atoms with Gasteiger partial charge in [-0.1, -0.05) is 35.9 Å². The molecule has 0 fully saturated rings. The molecule has 0 amide bonds. The number of rotatable bonds is 1. The van der Waals surface area contributed by atoms with Crippen molar-refractivity contribution in [3.8, 4) is 0 Å². The first-order chi connectivity index (χ1) is 8.66. The zero-order valence-electron chi connectivity index (χ0n) is 9.45. The molecule has 0 radical (unpaired) electrons. The molecular formula is C14H10ClFN2. The SMILES string of the molecule is N=C1c2ccccc2CN1c1ccc(F)c(Cl)c1. The van der Waals surface area contributed by atoms with Crippen LogP contribution in [0.4, 0.5) is 10.1 Å². The van der Waals surface area contributed by atoms with Crippen molar-refractivity contribution in [1.29, 1.82) is 5.41 Å². The zero-order chi connectivity index (χ0) is 12.7. The Kier molecular flexibility index (Phi) is 2.56. The van der Waals surface area contributed by atoms with Crippen LogP contribution >= 0.6 is 11.6 Å². The van der Waals surface area contributed by atoms with Gasteiger partial charge in [0.1, 0.15) is 11.7 Å². The summed E-state index contributed by atoms with van der Waals surface area (Å²) in [5.74, 6) is -0.0167. The molecule has 4 heteroatoms. The van der Waals surface area contributed by atoms with Gasteiger partial charge in [0.2, 0.25) is 0 Å². The van der Waals surface area contributed by atoms with Crippen molar-refractivity contribution >= 4 is 23.1 Å². The molecule has 0 atom stereocenters. The van der Waals surface area contributed by atoms with E-state index in [1.807, 2.05) is 29.2 Å². The summed E-state index contributed by atoms with van der Waals surface area (Å²) in [5, 5.41) is 8.22. The molecule has 3 rings (SSSR count). The van der Waals surface area contributed by atoms with Crippen LogP contribution < -0.4 is 4.90 Å². The van der Waals surface area contributed by atoms with Crippen LogP contribution in [0.25, 0.3) is 0 Å². The lowest BCUT2D eigenvalue weighted by Gasteiger charge is -2.18. The van der Waals surface area contributed by atoms with E-state index in [2.05, 4.69) is 0 Å². The first-order valence-electron chi connectivity index (χ1n) is 5.56. The summed E-state index contributed by atoms with van der Waals surface area (Å²) in [7, 11) is 0. The van der Waals surface area contributed by atoms with E-state index in [0.717, 1.165) is 16.8 Å². The van der Waals surface area contributed by atoms with Gasteiger partial charge in [-0.25, -0.2) is 4.39 Å². The molecule has 0 spiro atoms. The third-order valence-corrected chi connectivity index (χ3v) is 3.38. The normalized spacial score (nSPS) is 13.9. The van der Waals surface area contributed by atoms with Gasteiger partial charge in [0.25, 0.3) is 0 Å². The molecular weight excluding hydrogens is 251 g/mol. The highest BCUT2D eigenvalue weighted by Crippen LogP contribution is 2.30. The van der Waals surface area contributed by atoms with Gasteiger partial charge >= 0.3 is 0 Å². The standard InChI is InChI=1S/C14H10ClFN2/c15-12-7-10(5-6-13(12)16)18-8-9-3-1-2-4-11(9)14(18)17/h1-7,17H,8H2. The molecule has 0 aliphatic carbocycles. The maximum atomic E-state index is 13.1. The number of benzene rings is 2. The highest BCUT2D eigenvalue weighted by Gasteiger charge is 2.25. The van der Waals surface area contributed by atoms with Crippen molar-refractivity contribution in [3.63, 3.8) is 0 Å². The van der Waals surface area contributed by atoms with E-state index in [4.69, 9.17) is 17.0 Å². The maximum absolute atomic E-state index is 13.1. The molecule has 1 N–H and O–H groups in total. The second-order valence-electron chi connectivity index (χ2n) is 4.19. The van der Waals surface area contributed by atoms with Crippen molar-refractivity contribution in [3.05, 3.63) is 64.4 Å². The maximum Gasteiger partial charge on any atom is 0.141 e. The second kappa shape index (κ2) is 4.10. The Hall–Kier alpha value is -1.87. The van der Waals surface area contributed by atoms with E-state index in [-0.39, 0.29) is 5.02 Å². The average Bonchev–Trinajstić information content (AvgIpc) is 2.71. The molecule has 2 nitrogen and oxygen atoms in total. The molecule has 1 heterocycles. The number of fused-ring (bicyclic) bond motifs is 1. The molecule has 18 heavy (non-hydrogen) atoms. The summed E-state index contributed by atoms with van der Waals surface area (Å²) in [6.07, 6.45) is 0. The third kappa shape index (κ3) is 1.68. The topological polar surface area (TPSA) is 27.1 Å². The summed E-state index contributed by atoms with van der Waals surface area (Å²) in [6.45, 7) is 0.622. The number of amidine groups is 1. The fourth-order valence-corrected chi connectivity index (χ4v) is 2.33. The van der Waals surface area contributed by atoms with Gasteiger partial charge in [-0.05, 0) is 23.8 Å². The number of hydrogen-bond acceptors (Lipinski definition) is 1. The van der Waals surface area contributed by atoms with E-state index in [1.165, 1.54) is 6.07 Å². The summed E-state index contributed by atoms with van der Waals surface area (Å²) in [4.78, 5) is 1.82. The molecule has 0 bridgehead atoms. The predicted molar refractivity (Wildman–Crippen MR) is 70.9 cm³/mol. The summed E-state index contributed by atoms with van der Waals surface area (Å²) < 4.78 is 13.1. The Labute approximate surface area is 109 Å². The lowest BCUT2D eigenvalue weighted by molar-refractivity contribution is 0.628. The minimum atomic E-state index is -0.441. The van der Waals surface area contributed by atoms with Gasteiger partial charge in [-0.3, -0.25) is 5.41 Å². The van der Waals surface area contributed by atoms with Crippen LogP contribution in [-0.2, 0) is 6.54 Å². The summed E-state index contributed by atoms with van der Waals surface area (Å²) in [6, 6.07) is 12.3. The molecule has 1 aliphatic rings. The van der Waals surface area contributed by atoms with E-state index in [9.17, 15) is 4.39 Å². The number of nitrogens with zero attached hydrogens (tertiary/aromatic N) is 1. The minimum Gasteiger partial charge on any atom is -0.322 e. The van der Waals surface area contributed by atoms with Crippen molar-refractivity contribution in [1.82, 2.24) is 0 Å². The lowest BCUT2D eigenvalue weighted by atomic mass is 10.1. The van der Waals surface area contributed by atoms with Crippen LogP contribution in [0.15, 0.2) is 42.5 Å². The Balaban J connectivity index is 2.01. The van der Waals surface area contributed by atoms with E-state index < -0.39 is 5.82 Å². The van der Waals surface area contributed by atoms with E-state index >= 15 is 0 Å². The van der Waals surface area contributed by atoms with E-state index in [1.54, 1.807) is 12.1 Å². The number of halogens is 2. The largest absolute Gasteiger partial charge is 0.322 e. The lowest BCUT2D eigenvalue weighted by Crippen LogP contribution is -2.22. The van der Waals surface area contributed by atoms with Crippen LogP contribution in [-0.4, -0.2) is 5.84 Å². The van der Waals surface area contributed by atoms with Gasteiger partial charge in [0.05, 0.1) is 11.6 Å². The smallest absolute Gasteiger partial charge is 0.141 e. The Morgan fingerprint density at radius 3 is 2.67 bits per heavy atom. The van der Waals surface area contributed by atoms with Crippen LogP contribution in [0.3, 0.4) is 0 Å². The fourth-order valence-electron chi connectivity index (χ4n) is 2.16. The molecule has 0 saturated heterocycles. The van der Waals surface area contributed by atoms with Crippen molar-refractivity contribution in [2.75, 3.05) is 4.90 Å². The van der Waals surface area contributed by atoms with E-state index in [0.29, 0.717) is 12.4 Å². The van der Waals surface area contributed by atoms with Crippen LogP contribution in [0.1, 0.15) is 11.1 Å². The van der Waals surface area contributed by atoms with Crippen LogP contribution in [0, 0.1) is 11.2 Å². The summed E-state index contributed by atoms with van der Waals surface area (Å²) in [5.41, 5.74) is 2.75. The Morgan fingerprint density at radius 2 is 1.94 bits per heavy atom. The molecule has 1 aliphatic heterocycles. The highest BCUT2D eigenvalue weighted by molar-refractivity contribution is 6.31. The molecule has 2 aromatic rings. The van der Waals surface area contributed by atoms with Gasteiger partial charge in [0, 0.05) is 11.3 Å². The first-order valence-corrected chi connectivity index (χ1v) is 5.94. The van der Waals surface area contributed by atoms with Gasteiger partial charge in [0.15, 0.2) is 0 Å². The quantitative estimate of drug-likeness (QED) is 0.829. The molecule has 2 aromatic carbocycles. The number of nitrogens with one attached hydrogen (secondary N) is 1. The molecule has 90 valence electrons. The van der Waals surface area contributed by atoms with Crippen molar-refractivity contribution in [2.24, 2.45) is 0 Å². The average molecular weight is 261 g/mol.